The highest BCUT2D eigenvalue weighted by molar-refractivity contribution is 6.16. The second kappa shape index (κ2) is 4.93. The Morgan fingerprint density at radius 3 is 2.30 bits per heavy atom. The Hall–Kier alpha value is -0.725. The minimum absolute atomic E-state index is 0.119. The van der Waals surface area contributed by atoms with Crippen molar-refractivity contribution in [2.24, 2.45) is 11.3 Å². The molecule has 1 amide bonds. The fourth-order valence-electron chi connectivity index (χ4n) is 4.24. The molecule has 0 aromatic rings. The zero-order valence-electron chi connectivity index (χ0n) is 13.9. The van der Waals surface area contributed by atoms with Crippen molar-refractivity contribution in [3.63, 3.8) is 0 Å². The molecule has 0 bridgehead atoms. The lowest BCUT2D eigenvalue weighted by Gasteiger charge is -2.48. The first-order valence-electron chi connectivity index (χ1n) is 7.96. The summed E-state index contributed by atoms with van der Waals surface area (Å²) >= 11 is 0. The van der Waals surface area contributed by atoms with Crippen molar-refractivity contribution in [1.29, 1.82) is 0 Å². The van der Waals surface area contributed by atoms with Crippen molar-refractivity contribution in [2.75, 3.05) is 0 Å². The van der Waals surface area contributed by atoms with Crippen LogP contribution in [0.5, 0.6) is 0 Å². The van der Waals surface area contributed by atoms with Gasteiger partial charge in [0.2, 0.25) is 5.91 Å². The maximum absolute atomic E-state index is 12.4. The molecule has 0 saturated carbocycles. The maximum atomic E-state index is 12.4. The summed E-state index contributed by atoms with van der Waals surface area (Å²) in [7, 11) is 6.84. The van der Waals surface area contributed by atoms with Gasteiger partial charge >= 0.3 is 0 Å². The van der Waals surface area contributed by atoms with Crippen LogP contribution in [0.15, 0.2) is 11.3 Å². The molecular formula is C17H28BNO. The van der Waals surface area contributed by atoms with Gasteiger partial charge in [-0.2, -0.15) is 0 Å². The number of amides is 1. The quantitative estimate of drug-likeness (QED) is 0.694. The van der Waals surface area contributed by atoms with E-state index in [9.17, 15) is 4.79 Å². The van der Waals surface area contributed by atoms with Crippen LogP contribution in [0, 0.1) is 11.3 Å². The Bertz CT molecular complexity index is 450. The Kier molecular flexibility index (Phi) is 3.86. The second-order valence-corrected chi connectivity index (χ2v) is 7.63. The van der Waals surface area contributed by atoms with E-state index in [1.54, 1.807) is 0 Å². The number of hydrogen-bond donors (Lipinski definition) is 0. The summed E-state index contributed by atoms with van der Waals surface area (Å²) < 4.78 is 0. The minimum Gasteiger partial charge on any atom is -0.313 e. The van der Waals surface area contributed by atoms with Crippen LogP contribution in [0.2, 0.25) is 5.31 Å². The number of rotatable bonds is 2. The van der Waals surface area contributed by atoms with Gasteiger partial charge in [-0.1, -0.05) is 39.4 Å². The summed E-state index contributed by atoms with van der Waals surface area (Å²) in [6.07, 6.45) is 3.67. The molecule has 1 aliphatic carbocycles. The molecular weight excluding hydrogens is 245 g/mol. The highest BCUT2D eigenvalue weighted by Crippen LogP contribution is 2.61. The Morgan fingerprint density at radius 1 is 1.20 bits per heavy atom. The van der Waals surface area contributed by atoms with E-state index < -0.39 is 0 Å². The molecule has 2 rings (SSSR count). The van der Waals surface area contributed by atoms with Gasteiger partial charge in [0.1, 0.15) is 0 Å². The predicted molar refractivity (Wildman–Crippen MR) is 84.5 cm³/mol. The maximum Gasteiger partial charge on any atom is 0.231 e. The summed E-state index contributed by atoms with van der Waals surface area (Å²) in [5.74, 6) is 0.665. The smallest absolute Gasteiger partial charge is 0.231 e. The van der Waals surface area contributed by atoms with Gasteiger partial charge in [-0.05, 0) is 43.6 Å². The third-order valence-corrected chi connectivity index (χ3v) is 5.70. The lowest BCUT2D eigenvalue weighted by molar-refractivity contribution is -0.128. The average Bonchev–Trinajstić information content (AvgIpc) is 2.61. The van der Waals surface area contributed by atoms with E-state index in [1.165, 1.54) is 11.3 Å². The molecule has 20 heavy (non-hydrogen) atoms. The van der Waals surface area contributed by atoms with Crippen molar-refractivity contribution in [2.45, 2.75) is 78.6 Å². The van der Waals surface area contributed by atoms with Gasteiger partial charge in [0.15, 0.2) is 0 Å². The highest BCUT2D eigenvalue weighted by atomic mass is 16.2. The van der Waals surface area contributed by atoms with E-state index in [2.05, 4.69) is 41.5 Å². The zero-order chi connectivity index (χ0) is 15.3. The summed E-state index contributed by atoms with van der Waals surface area (Å²) in [6.45, 7) is 13.1. The molecule has 0 fully saturated rings. The molecule has 2 nitrogen and oxygen atoms in total. The third kappa shape index (κ3) is 2.05. The van der Waals surface area contributed by atoms with Crippen LogP contribution in [0.3, 0.4) is 0 Å². The molecule has 0 saturated heterocycles. The largest absolute Gasteiger partial charge is 0.313 e. The minimum atomic E-state index is -0.225. The standard InChI is InChI=1S/C17H28BNO/c1-11(2)17(18)9-7-8-14-13(16(17,5)6)10-15(20)19(14)12(3)4/h11-12H,7-10H2,1-6H3. The molecule has 0 N–H and O–H groups in total. The number of carbonyl (C=O) groups is 1. The van der Waals surface area contributed by atoms with Crippen LogP contribution in [-0.2, 0) is 4.79 Å². The first kappa shape index (κ1) is 15.7. The SMILES string of the molecule is [B]C1(C(C)C)CCCC2=C(CC(=O)N2C(C)C)C1(C)C. The predicted octanol–water partition coefficient (Wildman–Crippen LogP) is 4.07. The van der Waals surface area contributed by atoms with E-state index in [4.69, 9.17) is 7.85 Å². The van der Waals surface area contributed by atoms with Crippen molar-refractivity contribution >= 4 is 13.8 Å². The molecule has 2 aliphatic rings. The monoisotopic (exact) mass is 273 g/mol. The van der Waals surface area contributed by atoms with Crippen molar-refractivity contribution in [3.8, 4) is 0 Å². The normalized spacial score (nSPS) is 30.2. The number of nitrogens with zero attached hydrogens (tertiary/aromatic N) is 1. The Balaban J connectivity index is 2.53. The molecule has 1 unspecified atom stereocenters. The van der Waals surface area contributed by atoms with Crippen LogP contribution >= 0.6 is 0 Å². The molecule has 0 aromatic heterocycles. The summed E-state index contributed by atoms with van der Waals surface area (Å²) in [5.41, 5.74) is 2.44. The first-order valence-corrected chi connectivity index (χ1v) is 7.96. The summed E-state index contributed by atoms with van der Waals surface area (Å²) in [4.78, 5) is 14.4. The fourth-order valence-corrected chi connectivity index (χ4v) is 4.24. The molecule has 3 heteroatoms. The van der Waals surface area contributed by atoms with Crippen molar-refractivity contribution in [3.05, 3.63) is 11.3 Å². The van der Waals surface area contributed by atoms with Gasteiger partial charge < -0.3 is 4.90 Å². The van der Waals surface area contributed by atoms with Crippen molar-refractivity contribution < 1.29 is 4.79 Å². The Morgan fingerprint density at radius 2 is 1.80 bits per heavy atom. The zero-order valence-corrected chi connectivity index (χ0v) is 13.9. The van der Waals surface area contributed by atoms with E-state index in [0.29, 0.717) is 12.3 Å². The average molecular weight is 273 g/mol. The van der Waals surface area contributed by atoms with Crippen LogP contribution in [0.25, 0.3) is 0 Å². The molecule has 1 aliphatic heterocycles. The number of hydrogen-bond acceptors (Lipinski definition) is 1. The van der Waals surface area contributed by atoms with E-state index in [1.807, 2.05) is 4.90 Å². The molecule has 2 radical (unpaired) electrons. The lowest BCUT2D eigenvalue weighted by Crippen LogP contribution is -2.37. The van der Waals surface area contributed by atoms with Gasteiger partial charge in [0.05, 0.1) is 14.3 Å². The van der Waals surface area contributed by atoms with Crippen LogP contribution < -0.4 is 0 Å². The number of allylic oxidation sites excluding steroid dienone is 1. The first-order chi connectivity index (χ1) is 9.13. The fraction of sp³-hybridized carbons (Fsp3) is 0.824. The third-order valence-electron chi connectivity index (χ3n) is 5.70. The lowest BCUT2D eigenvalue weighted by atomic mass is 9.45. The van der Waals surface area contributed by atoms with Gasteiger partial charge in [-0.25, -0.2) is 0 Å². The van der Waals surface area contributed by atoms with E-state index in [0.717, 1.165) is 19.3 Å². The van der Waals surface area contributed by atoms with Gasteiger partial charge in [-0.3, -0.25) is 4.79 Å². The topological polar surface area (TPSA) is 20.3 Å². The van der Waals surface area contributed by atoms with E-state index >= 15 is 0 Å². The molecule has 1 atom stereocenters. The van der Waals surface area contributed by atoms with Crippen LogP contribution in [0.4, 0.5) is 0 Å². The van der Waals surface area contributed by atoms with Crippen LogP contribution in [0.1, 0.15) is 67.2 Å². The summed E-state index contributed by atoms with van der Waals surface area (Å²) in [6, 6.07) is 0.245. The van der Waals surface area contributed by atoms with Gasteiger partial charge in [0, 0.05) is 11.7 Å². The number of carbonyl (C=O) groups excluding carboxylic acids is 1. The molecule has 0 aromatic carbocycles. The molecule has 110 valence electrons. The molecule has 0 spiro atoms. The van der Waals surface area contributed by atoms with Gasteiger partial charge in [0.25, 0.3) is 0 Å². The molecule has 1 heterocycles. The van der Waals surface area contributed by atoms with E-state index in [-0.39, 0.29) is 22.7 Å². The second-order valence-electron chi connectivity index (χ2n) is 7.63. The van der Waals surface area contributed by atoms with Crippen LogP contribution in [-0.4, -0.2) is 24.7 Å². The van der Waals surface area contributed by atoms with Gasteiger partial charge in [-0.15, -0.1) is 0 Å². The highest BCUT2D eigenvalue weighted by Gasteiger charge is 2.50. The Labute approximate surface area is 125 Å². The van der Waals surface area contributed by atoms with Crippen molar-refractivity contribution in [1.82, 2.24) is 4.90 Å². The summed E-state index contributed by atoms with van der Waals surface area (Å²) in [5, 5.41) is -0.225.